The number of hydrogen-bond acceptors (Lipinski definition) is 8. The number of carbonyl (C=O) groups excluding carboxylic acids is 2. The molecule has 0 spiro atoms. The second-order valence-electron chi connectivity index (χ2n) is 11.1. The number of nitrogens with zero attached hydrogens (tertiary/aromatic N) is 4. The van der Waals surface area contributed by atoms with E-state index in [-0.39, 0.29) is 24.0 Å². The molecule has 0 bridgehead atoms. The van der Waals surface area contributed by atoms with Crippen LogP contribution in [0.1, 0.15) is 42.1 Å². The Balaban J connectivity index is 1.13. The van der Waals surface area contributed by atoms with Gasteiger partial charge in [0.25, 0.3) is 11.5 Å². The molecule has 0 radical (unpaired) electrons. The number of nitrogens with one attached hydrogen (secondary N) is 2. The molecule has 6 aromatic rings. The van der Waals surface area contributed by atoms with Crippen molar-refractivity contribution >= 4 is 51.6 Å². The van der Waals surface area contributed by atoms with Crippen LogP contribution in [0.3, 0.4) is 0 Å². The normalized spacial score (nSPS) is 12.7. The fourth-order valence-corrected chi connectivity index (χ4v) is 6.21. The van der Waals surface area contributed by atoms with Gasteiger partial charge in [0.15, 0.2) is 16.7 Å². The number of amides is 2. The molecule has 2 N–H and O–H groups in total. The van der Waals surface area contributed by atoms with Crippen molar-refractivity contribution in [2.45, 2.75) is 31.3 Å². The predicted molar refractivity (Wildman–Crippen MR) is 181 cm³/mol. The van der Waals surface area contributed by atoms with Gasteiger partial charge in [-0.15, -0.1) is 10.2 Å². The molecular weight excluding hydrogens is 616 g/mol. The third-order valence-electron chi connectivity index (χ3n) is 8.14. The first kappa shape index (κ1) is 30.1. The maximum absolute atomic E-state index is 13.7. The Morgan fingerprint density at radius 3 is 2.51 bits per heavy atom. The molecule has 47 heavy (non-hydrogen) atoms. The topological polar surface area (TPSA) is 129 Å². The summed E-state index contributed by atoms with van der Waals surface area (Å²) in [5.74, 6) is 1.16. The number of hydrogen-bond donors (Lipinski definition) is 2. The van der Waals surface area contributed by atoms with Crippen LogP contribution in [0.15, 0.2) is 101 Å². The lowest BCUT2D eigenvalue weighted by Gasteiger charge is -2.13. The van der Waals surface area contributed by atoms with Gasteiger partial charge in [0, 0.05) is 11.8 Å². The molecule has 2 aromatic heterocycles. The van der Waals surface area contributed by atoms with Crippen LogP contribution >= 0.6 is 11.8 Å². The molecule has 0 saturated heterocycles. The highest BCUT2D eigenvalue weighted by molar-refractivity contribution is 7.99. The fourth-order valence-electron chi connectivity index (χ4n) is 5.47. The number of benzene rings is 4. The molecule has 1 aliphatic heterocycles. The van der Waals surface area contributed by atoms with Gasteiger partial charge in [0.2, 0.25) is 18.5 Å². The summed E-state index contributed by atoms with van der Waals surface area (Å²) >= 11 is 1.18. The van der Waals surface area contributed by atoms with Crippen molar-refractivity contribution in [1.82, 2.24) is 19.2 Å². The van der Waals surface area contributed by atoms with E-state index in [1.54, 1.807) is 57.5 Å². The van der Waals surface area contributed by atoms with Crippen LogP contribution in [0.2, 0.25) is 0 Å². The third kappa shape index (κ3) is 5.79. The molecule has 11 nitrogen and oxygen atoms in total. The molecule has 1 aliphatic rings. The summed E-state index contributed by atoms with van der Waals surface area (Å²) < 4.78 is 14.1. The van der Waals surface area contributed by atoms with Crippen molar-refractivity contribution in [1.29, 1.82) is 0 Å². The molecule has 4 aromatic carbocycles. The minimum absolute atomic E-state index is 0.0179. The smallest absolute Gasteiger partial charge is 0.267 e. The summed E-state index contributed by atoms with van der Waals surface area (Å²) in [5, 5.41) is 15.4. The average Bonchev–Trinajstić information content (AvgIpc) is 3.75. The first-order chi connectivity index (χ1) is 22.9. The van der Waals surface area contributed by atoms with Gasteiger partial charge in [0.05, 0.1) is 33.6 Å². The highest BCUT2D eigenvalue weighted by Gasteiger charge is 2.20. The van der Waals surface area contributed by atoms with Gasteiger partial charge >= 0.3 is 0 Å². The number of carbonyl (C=O) groups is 2. The predicted octanol–water partition coefficient (Wildman–Crippen LogP) is 6.26. The summed E-state index contributed by atoms with van der Waals surface area (Å²) in [6, 6.07) is 27.1. The van der Waals surface area contributed by atoms with E-state index in [2.05, 4.69) is 34.7 Å². The van der Waals surface area contributed by atoms with Crippen molar-refractivity contribution in [3.63, 3.8) is 0 Å². The minimum atomic E-state index is -0.391. The van der Waals surface area contributed by atoms with Crippen LogP contribution in [0, 0.1) is 0 Å². The summed E-state index contributed by atoms with van der Waals surface area (Å²) in [6.45, 7) is 4.44. The summed E-state index contributed by atoms with van der Waals surface area (Å²) in [7, 11) is 0. The van der Waals surface area contributed by atoms with E-state index < -0.39 is 5.91 Å². The molecule has 0 fully saturated rings. The summed E-state index contributed by atoms with van der Waals surface area (Å²) in [4.78, 5) is 40.1. The highest BCUT2D eigenvalue weighted by atomic mass is 32.2. The van der Waals surface area contributed by atoms with Crippen molar-refractivity contribution in [2.24, 2.45) is 0 Å². The van der Waals surface area contributed by atoms with Crippen LogP contribution in [-0.4, -0.2) is 43.5 Å². The lowest BCUT2D eigenvalue weighted by molar-refractivity contribution is -0.113. The maximum Gasteiger partial charge on any atom is 0.267 e. The molecule has 0 saturated carbocycles. The Bertz CT molecular complexity index is 2210. The van der Waals surface area contributed by atoms with Crippen molar-refractivity contribution in [3.05, 3.63) is 112 Å². The van der Waals surface area contributed by atoms with Gasteiger partial charge in [-0.25, -0.2) is 4.57 Å². The zero-order valence-electron chi connectivity index (χ0n) is 25.6. The van der Waals surface area contributed by atoms with Gasteiger partial charge in [-0.3, -0.25) is 18.8 Å². The number of thioether (sulfide) groups is 1. The fraction of sp³-hybridized carbons (Fsp3) is 0.171. The minimum Gasteiger partial charge on any atom is -0.454 e. The molecule has 12 heteroatoms. The largest absolute Gasteiger partial charge is 0.454 e. The average molecular weight is 647 g/mol. The molecule has 3 heterocycles. The van der Waals surface area contributed by atoms with E-state index in [9.17, 15) is 14.4 Å². The van der Waals surface area contributed by atoms with Crippen LogP contribution in [0.25, 0.3) is 22.4 Å². The quantitative estimate of drug-likeness (QED) is 0.176. The van der Waals surface area contributed by atoms with E-state index in [4.69, 9.17) is 9.47 Å². The number of fused-ring (bicyclic) bond motifs is 4. The monoisotopic (exact) mass is 646 g/mol. The highest BCUT2D eigenvalue weighted by Crippen LogP contribution is 2.34. The molecule has 236 valence electrons. The Morgan fingerprint density at radius 2 is 1.68 bits per heavy atom. The molecule has 2 amide bonds. The van der Waals surface area contributed by atoms with Crippen molar-refractivity contribution < 1.29 is 19.1 Å². The lowest BCUT2D eigenvalue weighted by atomic mass is 9.98. The molecule has 7 rings (SSSR count). The first-order valence-corrected chi connectivity index (χ1v) is 16.1. The second-order valence-corrected chi connectivity index (χ2v) is 12.0. The van der Waals surface area contributed by atoms with Crippen molar-refractivity contribution in [2.75, 3.05) is 23.2 Å². The third-order valence-corrected chi connectivity index (χ3v) is 9.06. The summed E-state index contributed by atoms with van der Waals surface area (Å²) in [5.41, 5.74) is 3.49. The lowest BCUT2D eigenvalue weighted by Crippen LogP contribution is -2.22. The Hall–Kier alpha value is -5.62. The summed E-state index contributed by atoms with van der Waals surface area (Å²) in [6.07, 6.45) is 1.01. The number of rotatable bonds is 9. The van der Waals surface area contributed by atoms with Gasteiger partial charge < -0.3 is 20.1 Å². The second kappa shape index (κ2) is 12.6. The van der Waals surface area contributed by atoms with Gasteiger partial charge in [-0.1, -0.05) is 62.0 Å². The van der Waals surface area contributed by atoms with E-state index in [0.29, 0.717) is 61.9 Å². The maximum atomic E-state index is 13.7. The van der Waals surface area contributed by atoms with E-state index in [0.717, 1.165) is 6.42 Å². The van der Waals surface area contributed by atoms with Crippen LogP contribution in [0.5, 0.6) is 11.5 Å². The number of para-hydroxylation sites is 2. The van der Waals surface area contributed by atoms with Gasteiger partial charge in [-0.2, -0.15) is 0 Å². The number of anilines is 2. The van der Waals surface area contributed by atoms with Gasteiger partial charge in [0.1, 0.15) is 0 Å². The van der Waals surface area contributed by atoms with E-state index in [1.165, 1.54) is 17.3 Å². The van der Waals surface area contributed by atoms with Crippen molar-refractivity contribution in [3.8, 4) is 17.2 Å². The molecule has 1 atom stereocenters. The van der Waals surface area contributed by atoms with Crippen LogP contribution in [0.4, 0.5) is 11.4 Å². The molecular formula is C35H30N6O5S. The molecule has 0 aliphatic carbocycles. The zero-order valence-corrected chi connectivity index (χ0v) is 26.4. The van der Waals surface area contributed by atoms with E-state index >= 15 is 0 Å². The standard InChI is InChI=1S/C35H30N6O5S/c1-3-21(2)22-12-15-24(16-13-22)40-33(44)26-9-5-7-11-28(26)41-34(40)38-39-35(41)47-19-31(42)37-27-10-6-4-8-25(27)32(43)36-23-14-17-29-30(18-23)46-20-45-29/h4-18,21H,3,19-20H2,1-2H3,(H,36,43)(H,37,42). The SMILES string of the molecule is CCC(C)c1ccc(-n2c(=O)c3ccccc3n3c(SCC(=O)Nc4ccccc4C(=O)Nc4ccc5c(c4)OCO5)nnc23)cc1. The van der Waals surface area contributed by atoms with Gasteiger partial charge in [-0.05, 0) is 66.4 Å². The van der Waals surface area contributed by atoms with E-state index in [1.807, 2.05) is 42.5 Å². The Kier molecular flexibility index (Phi) is 8.08. The zero-order chi connectivity index (χ0) is 32.5. The van der Waals surface area contributed by atoms with Crippen LogP contribution < -0.4 is 25.7 Å². The Morgan fingerprint density at radius 1 is 0.915 bits per heavy atom. The number of ether oxygens (including phenoxy) is 2. The molecule has 1 unspecified atom stereocenters. The first-order valence-electron chi connectivity index (χ1n) is 15.1. The Labute approximate surface area is 273 Å². The van der Waals surface area contributed by atoms with Crippen LogP contribution in [-0.2, 0) is 4.79 Å². The number of aromatic nitrogens is 4.